The number of rotatable bonds is 6. The Kier molecular flexibility index (Phi) is 6.88. The summed E-state index contributed by atoms with van der Waals surface area (Å²) in [4.78, 5) is 25.2. The molecule has 22 heavy (non-hydrogen) atoms. The van der Waals surface area contributed by atoms with Gasteiger partial charge >= 0.3 is 0 Å². The summed E-state index contributed by atoms with van der Waals surface area (Å²) in [6.45, 7) is 10.2. The molecule has 0 bridgehead atoms. The SMILES string of the molecule is CC(=O)N(CCNC(=O)CC(C)C)c1c(C)cc(C)cc1Cl. The molecule has 5 heteroatoms. The van der Waals surface area contributed by atoms with Crippen molar-refractivity contribution in [1.29, 1.82) is 0 Å². The van der Waals surface area contributed by atoms with Crippen LogP contribution in [-0.2, 0) is 9.59 Å². The first-order valence-electron chi connectivity index (χ1n) is 7.54. The molecule has 1 aromatic rings. The molecule has 0 spiro atoms. The first-order valence-corrected chi connectivity index (χ1v) is 7.91. The highest BCUT2D eigenvalue weighted by atomic mass is 35.5. The Hall–Kier alpha value is -1.55. The van der Waals surface area contributed by atoms with Crippen LogP contribution in [0.25, 0.3) is 0 Å². The van der Waals surface area contributed by atoms with E-state index in [1.807, 2.05) is 39.8 Å². The van der Waals surface area contributed by atoms with Gasteiger partial charge in [-0.2, -0.15) is 0 Å². The Morgan fingerprint density at radius 1 is 1.27 bits per heavy atom. The van der Waals surface area contributed by atoms with E-state index < -0.39 is 0 Å². The highest BCUT2D eigenvalue weighted by molar-refractivity contribution is 6.34. The van der Waals surface area contributed by atoms with Crippen LogP contribution in [0.2, 0.25) is 5.02 Å². The van der Waals surface area contributed by atoms with Gasteiger partial charge in [-0.1, -0.05) is 31.5 Å². The summed E-state index contributed by atoms with van der Waals surface area (Å²) >= 11 is 6.30. The maximum Gasteiger partial charge on any atom is 0.223 e. The van der Waals surface area contributed by atoms with Crippen molar-refractivity contribution < 1.29 is 9.59 Å². The molecule has 0 saturated carbocycles. The van der Waals surface area contributed by atoms with Gasteiger partial charge in [0.1, 0.15) is 0 Å². The largest absolute Gasteiger partial charge is 0.354 e. The topological polar surface area (TPSA) is 49.4 Å². The number of carbonyl (C=O) groups excluding carboxylic acids is 2. The van der Waals surface area contributed by atoms with Crippen LogP contribution in [0.4, 0.5) is 5.69 Å². The quantitative estimate of drug-likeness (QED) is 0.871. The molecule has 0 fully saturated rings. The van der Waals surface area contributed by atoms with Crippen LogP contribution in [0, 0.1) is 19.8 Å². The van der Waals surface area contributed by atoms with Gasteiger partial charge in [0.25, 0.3) is 0 Å². The molecule has 1 aromatic carbocycles. The maximum absolute atomic E-state index is 11.9. The van der Waals surface area contributed by atoms with Gasteiger partial charge in [0.15, 0.2) is 0 Å². The number of nitrogens with one attached hydrogen (secondary N) is 1. The third-order valence-corrected chi connectivity index (χ3v) is 3.59. The minimum atomic E-state index is -0.0908. The number of hydrogen-bond acceptors (Lipinski definition) is 2. The lowest BCUT2D eigenvalue weighted by Gasteiger charge is -2.25. The van der Waals surface area contributed by atoms with E-state index >= 15 is 0 Å². The number of halogens is 1. The number of anilines is 1. The molecule has 0 aliphatic heterocycles. The Balaban J connectivity index is 2.80. The molecule has 1 N–H and O–H groups in total. The predicted molar refractivity (Wildman–Crippen MR) is 91.4 cm³/mol. The number of hydrogen-bond donors (Lipinski definition) is 1. The second-order valence-corrected chi connectivity index (χ2v) is 6.44. The normalized spacial score (nSPS) is 10.7. The molecular weight excluding hydrogens is 300 g/mol. The van der Waals surface area contributed by atoms with Crippen molar-refractivity contribution in [1.82, 2.24) is 5.32 Å². The fraction of sp³-hybridized carbons (Fsp3) is 0.529. The van der Waals surface area contributed by atoms with Crippen LogP contribution in [0.15, 0.2) is 12.1 Å². The van der Waals surface area contributed by atoms with Crippen molar-refractivity contribution in [3.8, 4) is 0 Å². The monoisotopic (exact) mass is 324 g/mol. The lowest BCUT2D eigenvalue weighted by Crippen LogP contribution is -2.38. The molecule has 0 unspecified atom stereocenters. The highest BCUT2D eigenvalue weighted by Gasteiger charge is 2.17. The van der Waals surface area contributed by atoms with E-state index in [1.54, 1.807) is 4.90 Å². The van der Waals surface area contributed by atoms with E-state index in [0.717, 1.165) is 16.8 Å². The van der Waals surface area contributed by atoms with Crippen molar-refractivity contribution in [3.05, 3.63) is 28.3 Å². The molecule has 122 valence electrons. The van der Waals surface area contributed by atoms with Gasteiger partial charge < -0.3 is 10.2 Å². The Morgan fingerprint density at radius 2 is 1.91 bits per heavy atom. The molecule has 0 saturated heterocycles. The third-order valence-electron chi connectivity index (χ3n) is 3.30. The van der Waals surface area contributed by atoms with Gasteiger partial charge in [-0.05, 0) is 37.0 Å². The maximum atomic E-state index is 11.9. The number of amides is 2. The molecule has 0 atom stereocenters. The van der Waals surface area contributed by atoms with Gasteiger partial charge in [0.05, 0.1) is 10.7 Å². The molecule has 0 aliphatic carbocycles. The summed E-state index contributed by atoms with van der Waals surface area (Å²) in [5, 5.41) is 3.40. The third kappa shape index (κ3) is 5.34. The average molecular weight is 325 g/mol. The molecule has 0 heterocycles. The Morgan fingerprint density at radius 3 is 2.41 bits per heavy atom. The van der Waals surface area contributed by atoms with Crippen LogP contribution in [0.1, 0.15) is 38.3 Å². The van der Waals surface area contributed by atoms with Crippen molar-refractivity contribution in [2.75, 3.05) is 18.0 Å². The Bertz CT molecular complexity index is 533. The van der Waals surface area contributed by atoms with Crippen molar-refractivity contribution in [3.63, 3.8) is 0 Å². The molecule has 2 amide bonds. The minimum Gasteiger partial charge on any atom is -0.354 e. The predicted octanol–water partition coefficient (Wildman–Crippen LogP) is 3.47. The van der Waals surface area contributed by atoms with Crippen LogP contribution >= 0.6 is 11.6 Å². The minimum absolute atomic E-state index is 0.00484. The van der Waals surface area contributed by atoms with Crippen LogP contribution < -0.4 is 10.2 Å². The molecule has 4 nitrogen and oxygen atoms in total. The van der Waals surface area contributed by atoms with Crippen molar-refractivity contribution in [2.24, 2.45) is 5.92 Å². The average Bonchev–Trinajstić information content (AvgIpc) is 2.34. The fourth-order valence-corrected chi connectivity index (χ4v) is 2.85. The number of aryl methyl sites for hydroxylation is 2. The van der Waals surface area contributed by atoms with E-state index in [-0.39, 0.29) is 11.8 Å². The summed E-state index contributed by atoms with van der Waals surface area (Å²) in [6, 6.07) is 3.84. The number of carbonyl (C=O) groups is 2. The van der Waals surface area contributed by atoms with Crippen LogP contribution in [0.5, 0.6) is 0 Å². The summed E-state index contributed by atoms with van der Waals surface area (Å²) < 4.78 is 0. The van der Waals surface area contributed by atoms with Gasteiger partial charge in [-0.3, -0.25) is 9.59 Å². The molecule has 0 radical (unpaired) electrons. The van der Waals surface area contributed by atoms with E-state index in [4.69, 9.17) is 11.6 Å². The fourth-order valence-electron chi connectivity index (χ4n) is 2.43. The van der Waals surface area contributed by atoms with E-state index in [0.29, 0.717) is 30.5 Å². The van der Waals surface area contributed by atoms with Gasteiger partial charge in [-0.25, -0.2) is 0 Å². The zero-order valence-corrected chi connectivity index (χ0v) is 14.8. The zero-order chi connectivity index (χ0) is 16.9. The van der Waals surface area contributed by atoms with E-state index in [2.05, 4.69) is 5.32 Å². The van der Waals surface area contributed by atoms with Gasteiger partial charge in [0.2, 0.25) is 11.8 Å². The smallest absolute Gasteiger partial charge is 0.223 e. The van der Waals surface area contributed by atoms with Crippen LogP contribution in [-0.4, -0.2) is 24.9 Å². The molecule has 0 aliphatic rings. The summed E-state index contributed by atoms with van der Waals surface area (Å²) in [7, 11) is 0. The van der Waals surface area contributed by atoms with E-state index in [1.165, 1.54) is 6.92 Å². The second-order valence-electron chi connectivity index (χ2n) is 6.03. The molecule has 0 aromatic heterocycles. The van der Waals surface area contributed by atoms with Gasteiger partial charge in [-0.15, -0.1) is 0 Å². The molecular formula is C17H25ClN2O2. The number of benzene rings is 1. The summed E-state index contributed by atoms with van der Waals surface area (Å²) in [5.41, 5.74) is 2.73. The second kappa shape index (κ2) is 8.18. The lowest BCUT2D eigenvalue weighted by atomic mass is 10.1. The number of nitrogens with zero attached hydrogens (tertiary/aromatic N) is 1. The standard InChI is InChI=1S/C17H25ClN2O2/c1-11(2)8-16(22)19-6-7-20(14(5)21)17-13(4)9-12(3)10-15(17)18/h9-11H,6-8H2,1-5H3,(H,19,22). The lowest BCUT2D eigenvalue weighted by molar-refractivity contribution is -0.122. The molecule has 1 rings (SSSR count). The van der Waals surface area contributed by atoms with Crippen molar-refractivity contribution in [2.45, 2.75) is 41.0 Å². The first-order chi connectivity index (χ1) is 10.2. The van der Waals surface area contributed by atoms with Crippen molar-refractivity contribution >= 4 is 29.1 Å². The summed E-state index contributed by atoms with van der Waals surface area (Å²) in [5.74, 6) is 0.231. The zero-order valence-electron chi connectivity index (χ0n) is 14.0. The van der Waals surface area contributed by atoms with E-state index in [9.17, 15) is 9.59 Å². The summed E-state index contributed by atoms with van der Waals surface area (Å²) in [6.07, 6.45) is 0.490. The first kappa shape index (κ1) is 18.5. The van der Waals surface area contributed by atoms with Crippen LogP contribution in [0.3, 0.4) is 0 Å². The Labute approximate surface area is 137 Å². The highest BCUT2D eigenvalue weighted by Crippen LogP contribution is 2.31. The van der Waals surface area contributed by atoms with Gasteiger partial charge in [0, 0.05) is 26.4 Å².